The number of amides is 1. The summed E-state index contributed by atoms with van der Waals surface area (Å²) in [5.74, 6) is -0.289. The number of imidazole rings is 1. The number of halogens is 6. The minimum Gasteiger partial charge on any atom is -0.375 e. The molecule has 0 spiro atoms. The summed E-state index contributed by atoms with van der Waals surface area (Å²) in [6.45, 7) is -0.992. The molecule has 0 saturated heterocycles. The maximum Gasteiger partial charge on any atom is 0.416 e. The van der Waals surface area contributed by atoms with E-state index >= 15 is 0 Å². The molecule has 0 atom stereocenters. The molecule has 1 aromatic carbocycles. The second-order valence-corrected chi connectivity index (χ2v) is 5.63. The average Bonchev–Trinajstić information content (AvgIpc) is 3.05. The first-order valence-electron chi connectivity index (χ1n) is 7.54. The Bertz CT molecular complexity index is 739. The van der Waals surface area contributed by atoms with Crippen molar-refractivity contribution in [3.8, 4) is 0 Å². The van der Waals surface area contributed by atoms with Crippen molar-refractivity contribution in [2.75, 3.05) is 13.7 Å². The molecule has 5 nitrogen and oxygen atoms in total. The Hall–Kier alpha value is -2.56. The molecule has 0 aliphatic carbocycles. The highest BCUT2D eigenvalue weighted by Gasteiger charge is 2.37. The van der Waals surface area contributed by atoms with Crippen LogP contribution in [0.25, 0.3) is 0 Å². The number of hydrogen-bond donors (Lipinski definition) is 1. The minimum absolute atomic E-state index is 0.0390. The predicted octanol–water partition coefficient (Wildman–Crippen LogP) is 3.62. The molecule has 2 aromatic rings. The summed E-state index contributed by atoms with van der Waals surface area (Å²) >= 11 is 0. The van der Waals surface area contributed by atoms with Crippen LogP contribution in [0.15, 0.2) is 30.6 Å². The number of aromatic nitrogens is 2. The van der Waals surface area contributed by atoms with Gasteiger partial charge in [0.25, 0.3) is 0 Å². The lowest BCUT2D eigenvalue weighted by molar-refractivity contribution is -0.143. The first-order valence-corrected chi connectivity index (χ1v) is 7.54. The highest BCUT2D eigenvalue weighted by molar-refractivity contribution is 5.77. The molecule has 0 bridgehead atoms. The highest BCUT2D eigenvalue weighted by atomic mass is 19.4. The van der Waals surface area contributed by atoms with Gasteiger partial charge in [-0.25, -0.2) is 4.98 Å². The summed E-state index contributed by atoms with van der Waals surface area (Å²) in [4.78, 5) is 19.8. The first-order chi connectivity index (χ1) is 12.5. The topological polar surface area (TPSA) is 58.2 Å². The van der Waals surface area contributed by atoms with Gasteiger partial charge in [0, 0.05) is 26.0 Å². The van der Waals surface area contributed by atoms with Crippen LogP contribution in [-0.2, 0) is 35.0 Å². The normalized spacial score (nSPS) is 12.3. The lowest BCUT2D eigenvalue weighted by Gasteiger charge is -2.23. The summed E-state index contributed by atoms with van der Waals surface area (Å²) in [5.41, 5.74) is -3.19. The van der Waals surface area contributed by atoms with Crippen molar-refractivity contribution in [2.24, 2.45) is 0 Å². The smallest absolute Gasteiger partial charge is 0.375 e. The lowest BCUT2D eigenvalue weighted by atomic mass is 10.0. The molecule has 0 unspecified atom stereocenters. The summed E-state index contributed by atoms with van der Waals surface area (Å²) < 4.78 is 82.6. The summed E-state index contributed by atoms with van der Waals surface area (Å²) in [5, 5.41) is 0. The van der Waals surface area contributed by atoms with Crippen molar-refractivity contribution in [3.05, 3.63) is 53.1 Å². The quantitative estimate of drug-likeness (QED) is 0.761. The van der Waals surface area contributed by atoms with Crippen LogP contribution in [0.4, 0.5) is 26.3 Å². The number of carbonyl (C=O) groups excluding carboxylic acids is 1. The van der Waals surface area contributed by atoms with Gasteiger partial charge in [-0.3, -0.25) is 4.79 Å². The summed E-state index contributed by atoms with van der Waals surface area (Å²) in [6.07, 6.45) is -7.04. The van der Waals surface area contributed by atoms with Gasteiger partial charge in [0.2, 0.25) is 5.91 Å². The highest BCUT2D eigenvalue weighted by Crippen LogP contribution is 2.36. The van der Waals surface area contributed by atoms with Crippen LogP contribution >= 0.6 is 0 Å². The number of nitrogens with one attached hydrogen (secondary N) is 1. The second-order valence-electron chi connectivity index (χ2n) is 5.63. The Balaban J connectivity index is 2.38. The fraction of sp³-hybridized carbons (Fsp3) is 0.375. The molecule has 0 radical (unpaired) electrons. The summed E-state index contributed by atoms with van der Waals surface area (Å²) in [6, 6.07) is 1.21. The number of hydrogen-bond acceptors (Lipinski definition) is 3. The van der Waals surface area contributed by atoms with Crippen LogP contribution in [0, 0.1) is 0 Å². The summed E-state index contributed by atoms with van der Waals surface area (Å²) in [7, 11) is 1.25. The fourth-order valence-corrected chi connectivity index (χ4v) is 2.34. The van der Waals surface area contributed by atoms with Gasteiger partial charge < -0.3 is 14.6 Å². The van der Waals surface area contributed by atoms with Gasteiger partial charge in [0.1, 0.15) is 12.4 Å². The molecule has 11 heteroatoms. The van der Waals surface area contributed by atoms with Crippen LogP contribution in [0.2, 0.25) is 0 Å². The van der Waals surface area contributed by atoms with Crippen LogP contribution in [-0.4, -0.2) is 34.5 Å². The van der Waals surface area contributed by atoms with E-state index in [9.17, 15) is 31.1 Å². The first kappa shape index (κ1) is 20.7. The van der Waals surface area contributed by atoms with Crippen molar-refractivity contribution < 1.29 is 35.9 Å². The molecule has 0 aliphatic heterocycles. The van der Waals surface area contributed by atoms with E-state index in [4.69, 9.17) is 4.74 Å². The maximum atomic E-state index is 13.0. The standard InChI is InChI=1S/C16H15F6N3O2/c1-27-9-14(26)25(8-13-23-2-3-24-13)7-10-4-11(15(17,18)19)6-12(5-10)16(20,21)22/h2-6H,7-9H2,1H3,(H,23,24). The molecule has 1 N–H and O–H groups in total. The van der Waals surface area contributed by atoms with Crippen molar-refractivity contribution in [3.63, 3.8) is 0 Å². The third-order valence-corrected chi connectivity index (χ3v) is 3.54. The Labute approximate surface area is 150 Å². The van der Waals surface area contributed by atoms with Crippen molar-refractivity contribution in [1.82, 2.24) is 14.9 Å². The molecule has 2 rings (SSSR count). The number of rotatable bonds is 6. The molecule has 27 heavy (non-hydrogen) atoms. The Kier molecular flexibility index (Phi) is 6.14. The molecule has 1 aromatic heterocycles. The van der Waals surface area contributed by atoms with E-state index in [2.05, 4.69) is 9.97 Å². The van der Waals surface area contributed by atoms with Crippen molar-refractivity contribution in [2.45, 2.75) is 25.4 Å². The number of aromatic amines is 1. The van der Waals surface area contributed by atoms with Gasteiger partial charge in [0.15, 0.2) is 0 Å². The third kappa shape index (κ3) is 5.71. The zero-order valence-corrected chi connectivity index (χ0v) is 14.0. The van der Waals surface area contributed by atoms with Crippen molar-refractivity contribution >= 4 is 5.91 Å². The van der Waals surface area contributed by atoms with Crippen molar-refractivity contribution in [1.29, 1.82) is 0 Å². The van der Waals surface area contributed by atoms with Crippen LogP contribution < -0.4 is 0 Å². The Morgan fingerprint density at radius 2 is 1.67 bits per heavy atom. The molecular weight excluding hydrogens is 380 g/mol. The number of alkyl halides is 6. The third-order valence-electron chi connectivity index (χ3n) is 3.54. The van der Waals surface area contributed by atoms with Gasteiger partial charge in [0.05, 0.1) is 17.7 Å². The van der Waals surface area contributed by atoms with E-state index in [1.165, 1.54) is 19.5 Å². The second kappa shape index (κ2) is 7.99. The molecule has 148 valence electrons. The number of ether oxygens (including phenoxy) is 1. The molecule has 0 saturated carbocycles. The Morgan fingerprint density at radius 3 is 2.11 bits per heavy atom. The van der Waals surface area contributed by atoms with Crippen LogP contribution in [0.1, 0.15) is 22.5 Å². The van der Waals surface area contributed by atoms with Gasteiger partial charge in [-0.15, -0.1) is 0 Å². The van der Waals surface area contributed by atoms with Gasteiger partial charge in [-0.2, -0.15) is 26.3 Å². The zero-order valence-electron chi connectivity index (χ0n) is 14.0. The van der Waals surface area contributed by atoms with Gasteiger partial charge in [-0.05, 0) is 23.8 Å². The minimum atomic E-state index is -4.96. The number of benzene rings is 1. The Morgan fingerprint density at radius 1 is 1.07 bits per heavy atom. The van der Waals surface area contributed by atoms with E-state index in [1.54, 1.807) is 0 Å². The van der Waals surface area contributed by atoms with E-state index < -0.39 is 35.9 Å². The van der Waals surface area contributed by atoms with E-state index in [-0.39, 0.29) is 24.8 Å². The SMILES string of the molecule is COCC(=O)N(Cc1cc(C(F)(F)F)cc(C(F)(F)F)c1)Cc1ncc[nH]1. The molecule has 0 aliphatic rings. The van der Waals surface area contributed by atoms with Crippen LogP contribution in [0.5, 0.6) is 0 Å². The predicted molar refractivity (Wildman–Crippen MR) is 81.2 cm³/mol. The zero-order chi connectivity index (χ0) is 20.2. The monoisotopic (exact) mass is 395 g/mol. The molecular formula is C16H15F6N3O2. The largest absolute Gasteiger partial charge is 0.416 e. The van der Waals surface area contributed by atoms with Gasteiger partial charge in [-0.1, -0.05) is 0 Å². The maximum absolute atomic E-state index is 13.0. The fourth-order valence-electron chi connectivity index (χ4n) is 2.34. The number of nitrogens with zero attached hydrogens (tertiary/aromatic N) is 2. The van der Waals surface area contributed by atoms with E-state index in [1.807, 2.05) is 0 Å². The van der Waals surface area contributed by atoms with E-state index in [0.29, 0.717) is 18.0 Å². The number of methoxy groups -OCH3 is 1. The van der Waals surface area contributed by atoms with Crippen LogP contribution in [0.3, 0.4) is 0 Å². The average molecular weight is 395 g/mol. The van der Waals surface area contributed by atoms with E-state index in [0.717, 1.165) is 4.90 Å². The lowest BCUT2D eigenvalue weighted by Crippen LogP contribution is -2.33. The number of carbonyl (C=O) groups is 1. The van der Waals surface area contributed by atoms with Gasteiger partial charge >= 0.3 is 12.4 Å². The molecule has 0 fully saturated rings. The molecule has 1 amide bonds. The number of H-pyrrole nitrogens is 1. The molecule has 1 heterocycles.